The average molecular weight is 560 g/mol. The summed E-state index contributed by atoms with van der Waals surface area (Å²) in [7, 11) is -0.183. The number of carboxylic acid groups (broad SMARTS) is 1. The summed E-state index contributed by atoms with van der Waals surface area (Å²) in [5, 5.41) is 10.4. The number of nitrogens with zero attached hydrogens (tertiary/aromatic N) is 2. The molecule has 5 nitrogen and oxygen atoms in total. The molecule has 0 aliphatic rings. The molecule has 2 aromatic rings. The predicted molar refractivity (Wildman–Crippen MR) is 132 cm³/mol. The summed E-state index contributed by atoms with van der Waals surface area (Å²) in [6.07, 6.45) is 5.91. The minimum atomic E-state index is -0.932. The van der Waals surface area contributed by atoms with E-state index in [9.17, 15) is 9.90 Å². The number of carboxylic acids is 1. The quantitative estimate of drug-likeness (QED) is 0.135. The van der Waals surface area contributed by atoms with Crippen LogP contribution in [0.25, 0.3) is 11.4 Å². The van der Waals surface area contributed by atoms with Crippen LogP contribution in [0.2, 0.25) is 0 Å². The Bertz CT molecular complexity index is 808. The van der Waals surface area contributed by atoms with Gasteiger partial charge in [-0.1, -0.05) is 81.4 Å². The van der Waals surface area contributed by atoms with E-state index in [2.05, 4.69) is 65.3 Å². The van der Waals surface area contributed by atoms with Crippen molar-refractivity contribution in [3.63, 3.8) is 0 Å². The molecular weight excluding hydrogens is 520 g/mol. The predicted octanol–water partition coefficient (Wildman–Crippen LogP) is 6.11. The molecule has 0 aliphatic heterocycles. The molecule has 0 fully saturated rings. The Labute approximate surface area is 215 Å². The third-order valence-electron chi connectivity index (χ3n) is 4.66. The molecule has 0 spiro atoms. The minimum absolute atomic E-state index is 0. The fraction of sp³-hybridized carbons (Fsp3) is 0.538. The summed E-state index contributed by atoms with van der Waals surface area (Å²) >= 11 is 0. The Morgan fingerprint density at radius 2 is 1.58 bits per heavy atom. The number of carbonyl (C=O) groups is 1. The van der Waals surface area contributed by atoms with Crippen LogP contribution in [-0.4, -0.2) is 26.2 Å². The standard InChI is InChI=1S/C19H27N2P.C6H12O2.CO.Ru.H/c1-18(2,3)22(19(4,5)6)14-15-10-9-12-17(21-15)16-11-7-8-13-20-16;1-2-3-4-5-6(7)8;1-2;;/h7-13H,14H2,1-6H3;2-5H2,1H3,(H,7,8);;;/q;;;+2;-1/p-1. The molecule has 184 valence electrons. The van der Waals surface area contributed by atoms with E-state index in [0.717, 1.165) is 36.8 Å². The van der Waals surface area contributed by atoms with Gasteiger partial charge in [0.15, 0.2) is 0 Å². The second-order valence-corrected chi connectivity index (χ2v) is 13.3. The third-order valence-corrected chi connectivity index (χ3v) is 8.54. The van der Waals surface area contributed by atoms with Crippen LogP contribution in [-0.2, 0) is 35.1 Å². The van der Waals surface area contributed by atoms with Crippen molar-refractivity contribution in [3.05, 3.63) is 54.9 Å². The molecule has 0 amide bonds. The van der Waals surface area contributed by atoms with Gasteiger partial charge in [-0.2, -0.15) is 0 Å². The minimum Gasteiger partial charge on any atom is -1.00 e. The van der Waals surface area contributed by atoms with Crippen molar-refractivity contribution in [1.29, 1.82) is 0 Å². The van der Waals surface area contributed by atoms with Crippen molar-refractivity contribution < 1.29 is 35.5 Å². The first-order chi connectivity index (χ1) is 14.9. The second kappa shape index (κ2) is 17.1. The Morgan fingerprint density at radius 1 is 1.00 bits per heavy atom. The first-order valence-corrected chi connectivity index (χ1v) is 12.5. The number of aromatic nitrogens is 2. The monoisotopic (exact) mass is 560 g/mol. The van der Waals surface area contributed by atoms with Gasteiger partial charge in [-0.05, 0) is 47.4 Å². The molecular formula is C26H39N2O3PRu. The summed E-state index contributed by atoms with van der Waals surface area (Å²) < 4.78 is 7.50. The molecule has 0 bridgehead atoms. The molecule has 7 heteroatoms. The molecule has 0 aliphatic carbocycles. The maximum atomic E-state index is 9.76. The summed E-state index contributed by atoms with van der Waals surface area (Å²) in [4.78, 5) is 19.0. The van der Waals surface area contributed by atoms with Gasteiger partial charge < -0.3 is 11.3 Å². The Kier molecular flexibility index (Phi) is 17.4. The van der Waals surface area contributed by atoms with Crippen LogP contribution in [0, 0.1) is 6.65 Å². The van der Waals surface area contributed by atoms with Crippen LogP contribution >= 0.6 is 7.92 Å². The SMILES string of the molecule is CC(C)(C)P(Cc1cccc(-c2ccccn2)n1)C(C)(C)C.CCCCCC(=O)[O-].[C-]#[O+].[H-].[Ru+2]. The number of carbonyl (C=O) groups excluding carboxylic acids is 1. The molecule has 2 rings (SSSR count). The van der Waals surface area contributed by atoms with Crippen molar-refractivity contribution in [1.82, 2.24) is 9.97 Å². The number of rotatable bonds is 7. The maximum Gasteiger partial charge on any atom is 2.00 e. The number of aliphatic carboxylic acids is 1. The van der Waals surface area contributed by atoms with Gasteiger partial charge in [-0.3, -0.25) is 9.97 Å². The van der Waals surface area contributed by atoms with E-state index in [1.54, 1.807) is 0 Å². The number of unbranched alkanes of at least 4 members (excludes halogenated alkanes) is 2. The summed E-state index contributed by atoms with van der Waals surface area (Å²) in [6.45, 7) is 20.7. The van der Waals surface area contributed by atoms with Gasteiger partial charge in [-0.25, -0.2) is 0 Å². The van der Waals surface area contributed by atoms with Crippen molar-refractivity contribution >= 4 is 13.9 Å². The first kappa shape index (κ1) is 33.7. The van der Waals surface area contributed by atoms with E-state index in [1.807, 2.05) is 37.4 Å². The van der Waals surface area contributed by atoms with Crippen LogP contribution in [0.5, 0.6) is 0 Å². The van der Waals surface area contributed by atoms with Gasteiger partial charge in [0.1, 0.15) is 0 Å². The zero-order valence-corrected chi connectivity index (χ0v) is 23.6. The van der Waals surface area contributed by atoms with Crippen molar-refractivity contribution in [2.75, 3.05) is 0 Å². The zero-order valence-electron chi connectivity index (χ0n) is 22.0. The van der Waals surface area contributed by atoms with Gasteiger partial charge >= 0.3 is 30.8 Å². The topological polar surface area (TPSA) is 85.8 Å². The molecule has 0 N–H and O–H groups in total. The molecule has 33 heavy (non-hydrogen) atoms. The van der Waals surface area contributed by atoms with E-state index >= 15 is 0 Å². The fourth-order valence-electron chi connectivity index (χ4n) is 3.39. The smallest absolute Gasteiger partial charge is 1.00 e. The number of hydrogen-bond donors (Lipinski definition) is 0. The summed E-state index contributed by atoms with van der Waals surface area (Å²) in [5.74, 6) is -0.932. The van der Waals surface area contributed by atoms with Crippen LogP contribution < -0.4 is 5.11 Å². The molecule has 2 heterocycles. The van der Waals surface area contributed by atoms with Crippen molar-refractivity contribution in [3.8, 4) is 11.4 Å². The normalized spacial score (nSPS) is 10.7. The van der Waals surface area contributed by atoms with E-state index in [1.165, 1.54) is 5.69 Å². The third kappa shape index (κ3) is 14.4. The first-order valence-electron chi connectivity index (χ1n) is 11.0. The van der Waals surface area contributed by atoms with Crippen molar-refractivity contribution in [2.24, 2.45) is 0 Å². The molecule has 0 saturated carbocycles. The van der Waals surface area contributed by atoms with Gasteiger partial charge in [0.25, 0.3) is 0 Å². The van der Waals surface area contributed by atoms with Gasteiger partial charge in [0.2, 0.25) is 0 Å². The maximum absolute atomic E-state index is 9.76. The van der Waals surface area contributed by atoms with Gasteiger partial charge in [0, 0.05) is 24.0 Å². The van der Waals surface area contributed by atoms with Crippen LogP contribution in [0.15, 0.2) is 42.6 Å². The average Bonchev–Trinajstić information content (AvgIpc) is 2.73. The van der Waals surface area contributed by atoms with Crippen LogP contribution in [0.3, 0.4) is 0 Å². The van der Waals surface area contributed by atoms with Crippen molar-refractivity contribution in [2.45, 2.75) is 90.6 Å². The Morgan fingerprint density at radius 3 is 2.03 bits per heavy atom. The largest absolute Gasteiger partial charge is 2.00 e. The second-order valence-electron chi connectivity index (χ2n) is 9.49. The zero-order chi connectivity index (χ0) is 24.8. The van der Waals surface area contributed by atoms with E-state index < -0.39 is 5.97 Å². The van der Waals surface area contributed by atoms with Gasteiger partial charge in [0.05, 0.1) is 11.4 Å². The molecule has 0 saturated heterocycles. The summed E-state index contributed by atoms with van der Waals surface area (Å²) in [6, 6.07) is 12.3. The Hall–Kier alpha value is -1.44. The number of pyridine rings is 2. The molecule has 0 aromatic carbocycles. The molecule has 2 aromatic heterocycles. The van der Waals surface area contributed by atoms with E-state index in [4.69, 9.17) is 9.64 Å². The molecule has 0 radical (unpaired) electrons. The van der Waals surface area contributed by atoms with E-state index in [-0.39, 0.29) is 35.2 Å². The fourth-order valence-corrected chi connectivity index (χ4v) is 6.85. The summed E-state index contributed by atoms with van der Waals surface area (Å²) in [5.41, 5.74) is 3.09. The molecule has 0 atom stereocenters. The van der Waals surface area contributed by atoms with Crippen LogP contribution in [0.4, 0.5) is 0 Å². The number of hydrogen-bond acceptors (Lipinski definition) is 4. The Balaban J connectivity index is -0.000000687. The molecule has 0 unspecified atom stereocenters. The van der Waals surface area contributed by atoms with Crippen LogP contribution in [0.1, 0.15) is 81.3 Å². The van der Waals surface area contributed by atoms with Gasteiger partial charge in [-0.15, -0.1) is 0 Å². The van der Waals surface area contributed by atoms with E-state index in [0.29, 0.717) is 10.3 Å².